The first-order valence-electron chi connectivity index (χ1n) is 7.07. The fourth-order valence-corrected chi connectivity index (χ4v) is 2.90. The van der Waals surface area contributed by atoms with Crippen molar-refractivity contribution in [2.45, 2.75) is 52.1 Å². The largest absolute Gasteiger partial charge is 0.307 e. The smallest absolute Gasteiger partial charge is 0.123 e. The lowest BCUT2D eigenvalue weighted by Crippen LogP contribution is -2.37. The van der Waals surface area contributed by atoms with E-state index in [1.54, 1.807) is 12.1 Å². The van der Waals surface area contributed by atoms with Crippen LogP contribution in [-0.2, 0) is 0 Å². The maximum Gasteiger partial charge on any atom is 0.123 e. The maximum atomic E-state index is 12.9. The zero-order valence-corrected chi connectivity index (χ0v) is 11.6. The summed E-state index contributed by atoms with van der Waals surface area (Å²) in [5.74, 6) is 1.49. The van der Waals surface area contributed by atoms with Crippen molar-refractivity contribution >= 4 is 0 Å². The quantitative estimate of drug-likeness (QED) is 0.842. The first-order chi connectivity index (χ1) is 8.56. The molecular formula is C16H24FN. The molecule has 1 saturated carbocycles. The molecule has 1 N–H and O–H groups in total. The molecule has 1 aliphatic carbocycles. The van der Waals surface area contributed by atoms with Gasteiger partial charge in [-0.25, -0.2) is 4.39 Å². The molecule has 0 bridgehead atoms. The summed E-state index contributed by atoms with van der Waals surface area (Å²) in [7, 11) is 0. The molecule has 1 aromatic carbocycles. The van der Waals surface area contributed by atoms with E-state index < -0.39 is 0 Å². The third kappa shape index (κ3) is 3.32. The van der Waals surface area contributed by atoms with Crippen LogP contribution in [0, 0.1) is 17.7 Å². The van der Waals surface area contributed by atoms with Crippen molar-refractivity contribution in [1.82, 2.24) is 5.32 Å². The SMILES string of the molecule is CC1CCC(N[C@@H](C)c2ccc(F)cc2)CC1C. The normalized spacial score (nSPS) is 30.1. The predicted molar refractivity (Wildman–Crippen MR) is 73.9 cm³/mol. The fourth-order valence-electron chi connectivity index (χ4n) is 2.90. The molecule has 0 radical (unpaired) electrons. The minimum absolute atomic E-state index is 0.161. The highest BCUT2D eigenvalue weighted by atomic mass is 19.1. The molecule has 0 aliphatic heterocycles. The molecule has 100 valence electrons. The van der Waals surface area contributed by atoms with Crippen molar-refractivity contribution in [3.63, 3.8) is 0 Å². The average molecular weight is 249 g/mol. The monoisotopic (exact) mass is 249 g/mol. The van der Waals surface area contributed by atoms with E-state index in [0.29, 0.717) is 12.1 Å². The van der Waals surface area contributed by atoms with Gasteiger partial charge >= 0.3 is 0 Å². The van der Waals surface area contributed by atoms with Gasteiger partial charge in [-0.15, -0.1) is 0 Å². The second kappa shape index (κ2) is 5.83. The second-order valence-corrected chi connectivity index (χ2v) is 5.90. The molecular weight excluding hydrogens is 225 g/mol. The van der Waals surface area contributed by atoms with Gasteiger partial charge in [0.15, 0.2) is 0 Å². The van der Waals surface area contributed by atoms with Crippen LogP contribution >= 0.6 is 0 Å². The van der Waals surface area contributed by atoms with Crippen molar-refractivity contribution in [3.05, 3.63) is 35.6 Å². The number of nitrogens with one attached hydrogen (secondary N) is 1. The highest BCUT2D eigenvalue weighted by molar-refractivity contribution is 5.19. The van der Waals surface area contributed by atoms with Crippen LogP contribution in [0.5, 0.6) is 0 Å². The molecule has 0 spiro atoms. The number of halogens is 1. The molecule has 0 saturated heterocycles. The van der Waals surface area contributed by atoms with Crippen molar-refractivity contribution < 1.29 is 4.39 Å². The Hall–Kier alpha value is -0.890. The summed E-state index contributed by atoms with van der Waals surface area (Å²) in [5.41, 5.74) is 1.17. The van der Waals surface area contributed by atoms with E-state index in [9.17, 15) is 4.39 Å². The van der Waals surface area contributed by atoms with Crippen LogP contribution in [0.4, 0.5) is 4.39 Å². The molecule has 1 fully saturated rings. The number of hydrogen-bond acceptors (Lipinski definition) is 1. The summed E-state index contributed by atoms with van der Waals surface area (Å²) in [6.45, 7) is 6.86. The van der Waals surface area contributed by atoms with Gasteiger partial charge in [0.1, 0.15) is 5.82 Å². The van der Waals surface area contributed by atoms with Crippen LogP contribution < -0.4 is 5.32 Å². The van der Waals surface area contributed by atoms with Gasteiger partial charge in [0, 0.05) is 12.1 Å². The minimum atomic E-state index is -0.161. The van der Waals surface area contributed by atoms with E-state index in [-0.39, 0.29) is 5.82 Å². The third-order valence-electron chi connectivity index (χ3n) is 4.45. The van der Waals surface area contributed by atoms with Gasteiger partial charge in [-0.05, 0) is 55.7 Å². The zero-order valence-electron chi connectivity index (χ0n) is 11.6. The molecule has 4 atom stereocenters. The molecule has 1 aromatic rings. The van der Waals surface area contributed by atoms with Crippen LogP contribution in [0.15, 0.2) is 24.3 Å². The minimum Gasteiger partial charge on any atom is -0.307 e. The summed E-state index contributed by atoms with van der Waals surface area (Å²) in [6, 6.07) is 7.74. The Kier molecular flexibility index (Phi) is 4.39. The van der Waals surface area contributed by atoms with Crippen molar-refractivity contribution in [1.29, 1.82) is 0 Å². The molecule has 0 amide bonds. The van der Waals surface area contributed by atoms with Crippen molar-refractivity contribution in [3.8, 4) is 0 Å². The molecule has 2 heteroatoms. The Morgan fingerprint density at radius 2 is 1.78 bits per heavy atom. The van der Waals surface area contributed by atoms with Crippen LogP contribution in [0.2, 0.25) is 0 Å². The lowest BCUT2D eigenvalue weighted by Gasteiger charge is -2.34. The first-order valence-corrected chi connectivity index (χ1v) is 7.07. The van der Waals surface area contributed by atoms with Gasteiger partial charge in [-0.3, -0.25) is 0 Å². The molecule has 0 heterocycles. The Morgan fingerprint density at radius 3 is 2.39 bits per heavy atom. The summed E-state index contributed by atoms with van der Waals surface area (Å²) < 4.78 is 12.9. The molecule has 0 aromatic heterocycles. The van der Waals surface area contributed by atoms with Crippen LogP contribution in [0.25, 0.3) is 0 Å². The van der Waals surface area contributed by atoms with Crippen LogP contribution in [0.1, 0.15) is 51.6 Å². The Bertz CT molecular complexity index is 373. The molecule has 1 nitrogen and oxygen atoms in total. The van der Waals surface area contributed by atoms with Crippen molar-refractivity contribution in [2.75, 3.05) is 0 Å². The standard InChI is InChI=1S/C16H24FN/c1-11-4-9-16(10-12(11)2)18-13(3)14-5-7-15(17)8-6-14/h5-8,11-13,16,18H,4,9-10H2,1-3H3/t11?,12?,13-,16?/m0/s1. The first kappa shape index (κ1) is 13.5. The van der Waals surface area contributed by atoms with Crippen LogP contribution in [0.3, 0.4) is 0 Å². The van der Waals surface area contributed by atoms with E-state index >= 15 is 0 Å². The van der Waals surface area contributed by atoms with E-state index in [4.69, 9.17) is 0 Å². The van der Waals surface area contributed by atoms with E-state index in [0.717, 1.165) is 11.8 Å². The predicted octanol–water partition coefficient (Wildman–Crippen LogP) is 4.30. The highest BCUT2D eigenvalue weighted by Gasteiger charge is 2.25. The van der Waals surface area contributed by atoms with Gasteiger partial charge in [-0.1, -0.05) is 26.0 Å². The van der Waals surface area contributed by atoms with Crippen LogP contribution in [-0.4, -0.2) is 6.04 Å². The molecule has 2 rings (SSSR count). The van der Waals surface area contributed by atoms with Gasteiger partial charge in [-0.2, -0.15) is 0 Å². The van der Waals surface area contributed by atoms with Gasteiger partial charge in [0.05, 0.1) is 0 Å². The van der Waals surface area contributed by atoms with Crippen molar-refractivity contribution in [2.24, 2.45) is 11.8 Å². The number of hydrogen-bond donors (Lipinski definition) is 1. The maximum absolute atomic E-state index is 12.9. The third-order valence-corrected chi connectivity index (χ3v) is 4.45. The van der Waals surface area contributed by atoms with Gasteiger partial charge in [0.2, 0.25) is 0 Å². The molecule has 3 unspecified atom stereocenters. The Balaban J connectivity index is 1.91. The summed E-state index contributed by atoms with van der Waals surface area (Å²) in [6.07, 6.45) is 3.83. The van der Waals surface area contributed by atoms with E-state index in [1.807, 2.05) is 12.1 Å². The lowest BCUT2D eigenvalue weighted by atomic mass is 9.79. The Labute approximate surface area is 110 Å². The zero-order chi connectivity index (χ0) is 13.1. The molecule has 1 aliphatic rings. The van der Waals surface area contributed by atoms with Gasteiger partial charge < -0.3 is 5.32 Å². The highest BCUT2D eigenvalue weighted by Crippen LogP contribution is 2.30. The summed E-state index contributed by atoms with van der Waals surface area (Å²) in [5, 5.41) is 3.68. The number of rotatable bonds is 3. The van der Waals surface area contributed by atoms with E-state index in [2.05, 4.69) is 26.1 Å². The lowest BCUT2D eigenvalue weighted by molar-refractivity contribution is 0.217. The Morgan fingerprint density at radius 1 is 1.11 bits per heavy atom. The molecule has 18 heavy (non-hydrogen) atoms. The fraction of sp³-hybridized carbons (Fsp3) is 0.625. The average Bonchev–Trinajstić information content (AvgIpc) is 2.34. The summed E-state index contributed by atoms with van der Waals surface area (Å²) >= 11 is 0. The number of benzene rings is 1. The summed E-state index contributed by atoms with van der Waals surface area (Å²) in [4.78, 5) is 0. The van der Waals surface area contributed by atoms with E-state index in [1.165, 1.54) is 24.8 Å². The van der Waals surface area contributed by atoms with Gasteiger partial charge in [0.25, 0.3) is 0 Å². The topological polar surface area (TPSA) is 12.0 Å². The second-order valence-electron chi connectivity index (χ2n) is 5.90.